The SMILES string of the molecule is CN(Cc1ccccc1)c1ccc(Cl)cc1F. The number of hydrogen-bond donors (Lipinski definition) is 0. The molecule has 3 heteroatoms. The lowest BCUT2D eigenvalue weighted by molar-refractivity contribution is 0.622. The fraction of sp³-hybridized carbons (Fsp3) is 0.143. The highest BCUT2D eigenvalue weighted by Gasteiger charge is 2.08. The number of nitrogens with zero attached hydrogens (tertiary/aromatic N) is 1. The minimum atomic E-state index is -0.295. The lowest BCUT2D eigenvalue weighted by Crippen LogP contribution is -2.17. The summed E-state index contributed by atoms with van der Waals surface area (Å²) in [5.41, 5.74) is 1.70. The number of halogens is 2. The third-order valence-electron chi connectivity index (χ3n) is 2.58. The molecule has 0 saturated carbocycles. The first-order valence-electron chi connectivity index (χ1n) is 5.37. The van der Waals surface area contributed by atoms with E-state index in [2.05, 4.69) is 0 Å². The van der Waals surface area contributed by atoms with Crippen LogP contribution in [0.2, 0.25) is 5.02 Å². The van der Waals surface area contributed by atoms with Crippen molar-refractivity contribution >= 4 is 17.3 Å². The molecular weight excluding hydrogens is 237 g/mol. The summed E-state index contributed by atoms with van der Waals surface area (Å²) in [5.74, 6) is -0.295. The second-order valence-corrected chi connectivity index (χ2v) is 4.37. The largest absolute Gasteiger partial charge is 0.368 e. The maximum atomic E-state index is 13.7. The first-order valence-corrected chi connectivity index (χ1v) is 5.75. The van der Waals surface area contributed by atoms with E-state index in [1.54, 1.807) is 12.1 Å². The van der Waals surface area contributed by atoms with E-state index in [9.17, 15) is 4.39 Å². The van der Waals surface area contributed by atoms with Gasteiger partial charge in [0, 0.05) is 18.6 Å². The van der Waals surface area contributed by atoms with Gasteiger partial charge in [-0.2, -0.15) is 0 Å². The smallest absolute Gasteiger partial charge is 0.147 e. The Morgan fingerprint density at radius 2 is 1.82 bits per heavy atom. The van der Waals surface area contributed by atoms with Gasteiger partial charge in [-0.15, -0.1) is 0 Å². The molecule has 0 bridgehead atoms. The van der Waals surface area contributed by atoms with Crippen molar-refractivity contribution in [2.75, 3.05) is 11.9 Å². The fourth-order valence-corrected chi connectivity index (χ4v) is 1.89. The van der Waals surface area contributed by atoms with Crippen molar-refractivity contribution < 1.29 is 4.39 Å². The maximum Gasteiger partial charge on any atom is 0.147 e. The summed E-state index contributed by atoms with van der Waals surface area (Å²) >= 11 is 5.72. The van der Waals surface area contributed by atoms with Gasteiger partial charge in [0.15, 0.2) is 0 Å². The summed E-state index contributed by atoms with van der Waals surface area (Å²) in [4.78, 5) is 1.86. The van der Waals surface area contributed by atoms with Gasteiger partial charge in [-0.3, -0.25) is 0 Å². The Hall–Kier alpha value is -1.54. The van der Waals surface area contributed by atoms with Gasteiger partial charge < -0.3 is 4.90 Å². The molecule has 0 aliphatic carbocycles. The van der Waals surface area contributed by atoms with E-state index in [1.165, 1.54) is 6.07 Å². The molecule has 0 N–H and O–H groups in total. The summed E-state index contributed by atoms with van der Waals surface area (Å²) in [7, 11) is 1.86. The molecule has 0 atom stereocenters. The lowest BCUT2D eigenvalue weighted by atomic mass is 10.2. The van der Waals surface area contributed by atoms with Crippen LogP contribution in [0.1, 0.15) is 5.56 Å². The molecular formula is C14H13ClFN. The predicted octanol–water partition coefficient (Wildman–Crippen LogP) is 4.12. The van der Waals surface area contributed by atoms with Crippen LogP contribution in [0.3, 0.4) is 0 Å². The highest BCUT2D eigenvalue weighted by Crippen LogP contribution is 2.23. The summed E-state index contributed by atoms with van der Waals surface area (Å²) in [6.07, 6.45) is 0. The minimum Gasteiger partial charge on any atom is -0.368 e. The van der Waals surface area contributed by atoms with E-state index in [1.807, 2.05) is 42.3 Å². The van der Waals surface area contributed by atoms with Crippen LogP contribution in [0, 0.1) is 5.82 Å². The third-order valence-corrected chi connectivity index (χ3v) is 2.82. The third kappa shape index (κ3) is 2.98. The summed E-state index contributed by atoms with van der Waals surface area (Å²) in [6, 6.07) is 14.7. The molecule has 0 heterocycles. The zero-order valence-corrected chi connectivity index (χ0v) is 10.3. The van der Waals surface area contributed by atoms with Crippen LogP contribution in [0.4, 0.5) is 10.1 Å². The van der Waals surface area contributed by atoms with Gasteiger partial charge in [0.1, 0.15) is 5.82 Å². The summed E-state index contributed by atoms with van der Waals surface area (Å²) in [5, 5.41) is 0.416. The van der Waals surface area contributed by atoms with E-state index in [0.29, 0.717) is 17.3 Å². The first-order chi connectivity index (χ1) is 8.16. The van der Waals surface area contributed by atoms with Crippen LogP contribution in [-0.2, 0) is 6.54 Å². The van der Waals surface area contributed by atoms with Crippen molar-refractivity contribution in [2.45, 2.75) is 6.54 Å². The van der Waals surface area contributed by atoms with E-state index < -0.39 is 0 Å². The van der Waals surface area contributed by atoms with Gasteiger partial charge in [0.2, 0.25) is 0 Å². The van der Waals surface area contributed by atoms with Crippen LogP contribution in [0.15, 0.2) is 48.5 Å². The Morgan fingerprint density at radius 1 is 1.12 bits per heavy atom. The molecule has 0 amide bonds. The molecule has 2 aromatic carbocycles. The second-order valence-electron chi connectivity index (χ2n) is 3.94. The second kappa shape index (κ2) is 5.19. The number of rotatable bonds is 3. The highest BCUT2D eigenvalue weighted by molar-refractivity contribution is 6.30. The molecule has 0 aliphatic rings. The Morgan fingerprint density at radius 3 is 2.47 bits per heavy atom. The zero-order valence-electron chi connectivity index (χ0n) is 9.53. The molecule has 0 radical (unpaired) electrons. The predicted molar refractivity (Wildman–Crippen MR) is 70.0 cm³/mol. The number of hydrogen-bond acceptors (Lipinski definition) is 1. The number of benzene rings is 2. The normalized spacial score (nSPS) is 10.3. The fourth-order valence-electron chi connectivity index (χ4n) is 1.73. The number of anilines is 1. The van der Waals surface area contributed by atoms with Crippen molar-refractivity contribution in [3.8, 4) is 0 Å². The monoisotopic (exact) mass is 249 g/mol. The topological polar surface area (TPSA) is 3.24 Å². The standard InChI is InChI=1S/C14H13ClFN/c1-17(10-11-5-3-2-4-6-11)14-8-7-12(15)9-13(14)16/h2-9H,10H2,1H3. The van der Waals surface area contributed by atoms with Crippen molar-refractivity contribution in [3.63, 3.8) is 0 Å². The Labute approximate surface area is 105 Å². The molecule has 88 valence electrons. The van der Waals surface area contributed by atoms with Gasteiger partial charge in [-0.05, 0) is 23.8 Å². The molecule has 0 saturated heterocycles. The van der Waals surface area contributed by atoms with E-state index in [0.717, 1.165) is 5.56 Å². The summed E-state index contributed by atoms with van der Waals surface area (Å²) in [6.45, 7) is 0.666. The van der Waals surface area contributed by atoms with Gasteiger partial charge in [-0.1, -0.05) is 41.9 Å². The van der Waals surface area contributed by atoms with Crippen molar-refractivity contribution in [1.82, 2.24) is 0 Å². The van der Waals surface area contributed by atoms with Gasteiger partial charge in [0.05, 0.1) is 5.69 Å². The molecule has 0 fully saturated rings. The van der Waals surface area contributed by atoms with Gasteiger partial charge in [0.25, 0.3) is 0 Å². The molecule has 0 aliphatic heterocycles. The van der Waals surface area contributed by atoms with E-state index in [4.69, 9.17) is 11.6 Å². The Bertz CT molecular complexity index is 499. The first kappa shape index (κ1) is 11.9. The summed E-state index contributed by atoms with van der Waals surface area (Å²) < 4.78 is 13.7. The molecule has 0 aromatic heterocycles. The van der Waals surface area contributed by atoms with Crippen molar-refractivity contribution in [3.05, 3.63) is 64.9 Å². The van der Waals surface area contributed by atoms with Crippen LogP contribution >= 0.6 is 11.6 Å². The van der Waals surface area contributed by atoms with E-state index >= 15 is 0 Å². The highest BCUT2D eigenvalue weighted by atomic mass is 35.5. The lowest BCUT2D eigenvalue weighted by Gasteiger charge is -2.20. The average Bonchev–Trinajstić information content (AvgIpc) is 2.30. The molecule has 2 aromatic rings. The average molecular weight is 250 g/mol. The minimum absolute atomic E-state index is 0.295. The molecule has 0 unspecified atom stereocenters. The molecule has 0 spiro atoms. The van der Waals surface area contributed by atoms with Crippen LogP contribution in [0.5, 0.6) is 0 Å². The molecule has 17 heavy (non-hydrogen) atoms. The van der Waals surface area contributed by atoms with Crippen molar-refractivity contribution in [1.29, 1.82) is 0 Å². The maximum absolute atomic E-state index is 13.7. The Kier molecular flexibility index (Phi) is 3.64. The van der Waals surface area contributed by atoms with Crippen molar-refractivity contribution in [2.24, 2.45) is 0 Å². The van der Waals surface area contributed by atoms with Crippen LogP contribution in [0.25, 0.3) is 0 Å². The Balaban J connectivity index is 2.17. The van der Waals surface area contributed by atoms with Crippen LogP contribution < -0.4 is 4.90 Å². The van der Waals surface area contributed by atoms with Gasteiger partial charge in [-0.25, -0.2) is 4.39 Å². The zero-order chi connectivity index (χ0) is 12.3. The molecule has 2 rings (SSSR count). The van der Waals surface area contributed by atoms with E-state index in [-0.39, 0.29) is 5.82 Å². The van der Waals surface area contributed by atoms with Crippen LogP contribution in [-0.4, -0.2) is 7.05 Å². The molecule has 1 nitrogen and oxygen atoms in total. The van der Waals surface area contributed by atoms with Gasteiger partial charge >= 0.3 is 0 Å². The quantitative estimate of drug-likeness (QED) is 0.791.